The van der Waals surface area contributed by atoms with Crippen molar-refractivity contribution in [2.75, 3.05) is 11.9 Å². The van der Waals surface area contributed by atoms with Crippen molar-refractivity contribution in [1.82, 2.24) is 0 Å². The third kappa shape index (κ3) is 2.33. The van der Waals surface area contributed by atoms with E-state index in [-0.39, 0.29) is 12.1 Å². The van der Waals surface area contributed by atoms with Gasteiger partial charge in [0, 0.05) is 5.69 Å². The van der Waals surface area contributed by atoms with Crippen LogP contribution in [0.1, 0.15) is 19.3 Å². The Bertz CT molecular complexity index is 366. The Labute approximate surface area is 95.2 Å². The fraction of sp³-hybridized carbons (Fsp3) is 0.417. The lowest BCUT2D eigenvalue weighted by molar-refractivity contribution is 0.128. The molecule has 0 heterocycles. The first-order valence-corrected chi connectivity index (χ1v) is 5.52. The molecule has 1 saturated carbocycles. The third-order valence-electron chi connectivity index (χ3n) is 2.98. The maximum absolute atomic E-state index is 9.26. The molecule has 4 nitrogen and oxygen atoms in total. The van der Waals surface area contributed by atoms with E-state index in [0.29, 0.717) is 5.96 Å². The minimum absolute atomic E-state index is 0.0736. The van der Waals surface area contributed by atoms with Gasteiger partial charge in [0.2, 0.25) is 0 Å². The van der Waals surface area contributed by atoms with E-state index in [4.69, 9.17) is 5.73 Å². The van der Waals surface area contributed by atoms with E-state index in [9.17, 15) is 5.11 Å². The van der Waals surface area contributed by atoms with Crippen LogP contribution in [0.4, 0.5) is 5.69 Å². The Morgan fingerprint density at radius 1 is 1.38 bits per heavy atom. The lowest BCUT2D eigenvalue weighted by Gasteiger charge is -2.36. The average Bonchev–Trinajstić information content (AvgIpc) is 2.25. The number of anilines is 1. The average molecular weight is 219 g/mol. The normalized spacial score (nSPS) is 18.9. The van der Waals surface area contributed by atoms with E-state index in [2.05, 4.69) is 10.3 Å². The number of guanidine groups is 1. The Morgan fingerprint density at radius 2 is 2.06 bits per heavy atom. The topological polar surface area (TPSA) is 70.6 Å². The number of hydrogen-bond acceptors (Lipinski definition) is 2. The summed E-state index contributed by atoms with van der Waals surface area (Å²) in [5.74, 6) is 0.375. The molecule has 86 valence electrons. The Morgan fingerprint density at radius 3 is 2.56 bits per heavy atom. The summed E-state index contributed by atoms with van der Waals surface area (Å²) < 4.78 is 0. The van der Waals surface area contributed by atoms with Crippen molar-refractivity contribution in [2.24, 2.45) is 10.7 Å². The number of nitrogens with one attached hydrogen (secondary N) is 1. The summed E-state index contributed by atoms with van der Waals surface area (Å²) in [6.45, 7) is 0.0736. The zero-order valence-electron chi connectivity index (χ0n) is 9.19. The quantitative estimate of drug-likeness (QED) is 0.530. The van der Waals surface area contributed by atoms with Crippen molar-refractivity contribution in [2.45, 2.75) is 24.8 Å². The minimum atomic E-state index is -0.328. The predicted molar refractivity (Wildman–Crippen MR) is 65.4 cm³/mol. The van der Waals surface area contributed by atoms with E-state index in [0.717, 1.165) is 24.9 Å². The summed E-state index contributed by atoms with van der Waals surface area (Å²) in [4.78, 5) is 4.36. The van der Waals surface area contributed by atoms with Crippen LogP contribution in [0, 0.1) is 0 Å². The number of aliphatic hydroxyl groups is 1. The number of benzene rings is 1. The number of aliphatic hydroxyl groups excluding tert-OH is 1. The molecular weight excluding hydrogens is 202 g/mol. The molecule has 1 aliphatic carbocycles. The van der Waals surface area contributed by atoms with Crippen LogP contribution in [0.15, 0.2) is 35.3 Å². The van der Waals surface area contributed by atoms with Crippen LogP contribution >= 0.6 is 0 Å². The molecule has 1 fully saturated rings. The zero-order chi connectivity index (χ0) is 11.4. The molecule has 0 spiro atoms. The van der Waals surface area contributed by atoms with Crippen molar-refractivity contribution < 1.29 is 5.11 Å². The van der Waals surface area contributed by atoms with Crippen molar-refractivity contribution >= 4 is 11.6 Å². The Kier molecular flexibility index (Phi) is 3.10. The van der Waals surface area contributed by atoms with Crippen molar-refractivity contribution in [3.8, 4) is 0 Å². The van der Waals surface area contributed by atoms with Gasteiger partial charge in [-0.3, -0.25) is 0 Å². The summed E-state index contributed by atoms with van der Waals surface area (Å²) in [5.41, 5.74) is 6.39. The van der Waals surface area contributed by atoms with Gasteiger partial charge in [-0.15, -0.1) is 0 Å². The molecule has 0 unspecified atom stereocenters. The van der Waals surface area contributed by atoms with Gasteiger partial charge < -0.3 is 16.2 Å². The molecule has 0 saturated heterocycles. The van der Waals surface area contributed by atoms with E-state index in [1.54, 1.807) is 0 Å². The summed E-state index contributed by atoms with van der Waals surface area (Å²) in [6, 6.07) is 9.66. The molecule has 0 bridgehead atoms. The largest absolute Gasteiger partial charge is 0.394 e. The molecule has 16 heavy (non-hydrogen) atoms. The summed E-state index contributed by atoms with van der Waals surface area (Å²) in [7, 11) is 0. The molecule has 0 amide bonds. The minimum Gasteiger partial charge on any atom is -0.394 e. The molecule has 1 aromatic carbocycles. The lowest BCUT2D eigenvalue weighted by atomic mass is 9.78. The second-order valence-corrected chi connectivity index (χ2v) is 4.22. The molecule has 0 atom stereocenters. The van der Waals surface area contributed by atoms with Crippen molar-refractivity contribution in [3.63, 3.8) is 0 Å². The van der Waals surface area contributed by atoms with E-state index < -0.39 is 0 Å². The number of rotatable bonds is 3. The summed E-state index contributed by atoms with van der Waals surface area (Å²) in [6.07, 6.45) is 2.95. The van der Waals surface area contributed by atoms with Gasteiger partial charge >= 0.3 is 0 Å². The number of nitrogens with zero attached hydrogens (tertiary/aromatic N) is 1. The van der Waals surface area contributed by atoms with Crippen molar-refractivity contribution in [1.29, 1.82) is 0 Å². The lowest BCUT2D eigenvalue weighted by Crippen LogP contribution is -2.42. The molecule has 0 radical (unpaired) electrons. The maximum atomic E-state index is 9.26. The highest BCUT2D eigenvalue weighted by atomic mass is 16.3. The smallest absolute Gasteiger partial charge is 0.193 e. The predicted octanol–water partition coefficient (Wildman–Crippen LogP) is 1.33. The van der Waals surface area contributed by atoms with Gasteiger partial charge in [-0.25, -0.2) is 4.99 Å². The highest BCUT2D eigenvalue weighted by molar-refractivity contribution is 5.92. The first kappa shape index (κ1) is 11.0. The van der Waals surface area contributed by atoms with Gasteiger partial charge in [-0.1, -0.05) is 18.2 Å². The van der Waals surface area contributed by atoms with E-state index in [1.807, 2.05) is 30.3 Å². The number of para-hydroxylation sites is 1. The van der Waals surface area contributed by atoms with Crippen LogP contribution in [-0.2, 0) is 0 Å². The highest BCUT2D eigenvalue weighted by Gasteiger charge is 2.36. The van der Waals surface area contributed by atoms with Gasteiger partial charge in [0.15, 0.2) is 5.96 Å². The molecule has 2 rings (SSSR count). The van der Waals surface area contributed by atoms with Gasteiger partial charge in [0.05, 0.1) is 12.1 Å². The third-order valence-corrected chi connectivity index (χ3v) is 2.98. The highest BCUT2D eigenvalue weighted by Crippen LogP contribution is 2.35. The van der Waals surface area contributed by atoms with Gasteiger partial charge in [-0.2, -0.15) is 0 Å². The number of aliphatic imine (C=N–C) groups is 1. The van der Waals surface area contributed by atoms with Crippen LogP contribution in [0.3, 0.4) is 0 Å². The molecule has 4 heteroatoms. The fourth-order valence-electron chi connectivity index (χ4n) is 1.84. The second kappa shape index (κ2) is 4.53. The Hall–Kier alpha value is -1.55. The van der Waals surface area contributed by atoms with Gasteiger partial charge in [0.25, 0.3) is 0 Å². The van der Waals surface area contributed by atoms with Gasteiger partial charge in [-0.05, 0) is 31.4 Å². The number of nitrogens with two attached hydrogens (primary N) is 1. The van der Waals surface area contributed by atoms with Gasteiger partial charge in [0.1, 0.15) is 0 Å². The Balaban J connectivity index is 2.02. The molecule has 1 aromatic rings. The molecule has 0 aliphatic heterocycles. The van der Waals surface area contributed by atoms with Crippen molar-refractivity contribution in [3.05, 3.63) is 30.3 Å². The van der Waals surface area contributed by atoms with Crippen LogP contribution in [0.2, 0.25) is 0 Å². The zero-order valence-corrected chi connectivity index (χ0v) is 9.19. The first-order chi connectivity index (χ1) is 7.74. The molecule has 1 aliphatic rings. The fourth-order valence-corrected chi connectivity index (χ4v) is 1.84. The number of hydrogen-bond donors (Lipinski definition) is 3. The standard InChI is InChI=1S/C12H17N3O/c13-11(14-10-5-2-1-3-6-10)15-12(9-16)7-4-8-12/h1-3,5-6,16H,4,7-9H2,(H3,13,14,15). The SMILES string of the molecule is NC(=NC1(CO)CCC1)Nc1ccccc1. The second-order valence-electron chi connectivity index (χ2n) is 4.22. The molecule has 4 N–H and O–H groups in total. The monoisotopic (exact) mass is 219 g/mol. The van der Waals surface area contributed by atoms with E-state index >= 15 is 0 Å². The van der Waals surface area contributed by atoms with Crippen LogP contribution < -0.4 is 11.1 Å². The van der Waals surface area contributed by atoms with Crippen LogP contribution in [0.5, 0.6) is 0 Å². The van der Waals surface area contributed by atoms with Crippen LogP contribution in [0.25, 0.3) is 0 Å². The maximum Gasteiger partial charge on any atom is 0.193 e. The molecular formula is C12H17N3O. The summed E-state index contributed by atoms with van der Waals surface area (Å²) in [5, 5.41) is 12.3. The first-order valence-electron chi connectivity index (χ1n) is 5.52. The van der Waals surface area contributed by atoms with Crippen LogP contribution in [-0.4, -0.2) is 23.2 Å². The van der Waals surface area contributed by atoms with E-state index in [1.165, 1.54) is 0 Å². The summed E-state index contributed by atoms with van der Waals surface area (Å²) >= 11 is 0. The molecule has 0 aromatic heterocycles.